The van der Waals surface area contributed by atoms with Crippen LogP contribution in [0.4, 0.5) is 0 Å². The molecule has 2 aromatic heterocycles. The molecule has 2 rings (SSSR count). The molecule has 2 heterocycles. The van der Waals surface area contributed by atoms with Crippen molar-refractivity contribution >= 4 is 17.5 Å². The van der Waals surface area contributed by atoms with Crippen LogP contribution in [-0.2, 0) is 11.2 Å². The highest BCUT2D eigenvalue weighted by molar-refractivity contribution is 5.94. The highest BCUT2D eigenvalue weighted by atomic mass is 16.4. The number of pyridine rings is 1. The molecular weight excluding hydrogens is 282 g/mol. The van der Waals surface area contributed by atoms with Crippen molar-refractivity contribution in [2.24, 2.45) is 0 Å². The van der Waals surface area contributed by atoms with Crippen molar-refractivity contribution in [3.63, 3.8) is 0 Å². The van der Waals surface area contributed by atoms with Gasteiger partial charge in [-0.25, -0.2) is 4.98 Å². The number of fused-ring (bicyclic) bond motifs is 1. The number of rotatable bonds is 6. The molecule has 0 aliphatic carbocycles. The van der Waals surface area contributed by atoms with E-state index < -0.39 is 5.97 Å². The summed E-state index contributed by atoms with van der Waals surface area (Å²) in [6, 6.07) is 3.57. The summed E-state index contributed by atoms with van der Waals surface area (Å²) in [5, 5.41) is 8.77. The fourth-order valence-electron chi connectivity index (χ4n) is 2.49. The Labute approximate surface area is 129 Å². The zero-order valence-corrected chi connectivity index (χ0v) is 13.2. The zero-order valence-electron chi connectivity index (χ0n) is 13.2. The molecule has 2 aromatic rings. The van der Waals surface area contributed by atoms with Gasteiger partial charge in [-0.2, -0.15) is 0 Å². The molecule has 0 fully saturated rings. The normalized spacial score (nSPS) is 10.9. The molecule has 0 atom stereocenters. The second kappa shape index (κ2) is 6.60. The lowest BCUT2D eigenvalue weighted by molar-refractivity contribution is -0.137. The number of aliphatic carboxylic acids is 1. The number of hydrogen-bond acceptors (Lipinski definition) is 3. The van der Waals surface area contributed by atoms with Gasteiger partial charge in [-0.1, -0.05) is 6.92 Å². The van der Waals surface area contributed by atoms with E-state index in [1.165, 1.54) is 0 Å². The molecule has 0 spiro atoms. The van der Waals surface area contributed by atoms with Crippen LogP contribution in [0.3, 0.4) is 0 Å². The smallest absolute Gasteiger partial charge is 0.305 e. The summed E-state index contributed by atoms with van der Waals surface area (Å²) in [5.74, 6) is -1.06. The summed E-state index contributed by atoms with van der Waals surface area (Å²) in [6.45, 7) is 6.57. The van der Waals surface area contributed by atoms with E-state index in [2.05, 4.69) is 4.98 Å². The van der Waals surface area contributed by atoms with Gasteiger partial charge in [0.2, 0.25) is 0 Å². The van der Waals surface area contributed by atoms with Gasteiger partial charge < -0.3 is 14.4 Å². The summed E-state index contributed by atoms with van der Waals surface area (Å²) >= 11 is 0. The Kier molecular flexibility index (Phi) is 4.80. The van der Waals surface area contributed by atoms with Crippen LogP contribution in [0.1, 0.15) is 42.0 Å². The fraction of sp³-hybridized carbons (Fsp3) is 0.438. The minimum atomic E-state index is -0.903. The number of carbonyl (C=O) groups is 2. The van der Waals surface area contributed by atoms with Crippen LogP contribution < -0.4 is 0 Å². The topological polar surface area (TPSA) is 74.9 Å². The quantitative estimate of drug-likeness (QED) is 0.887. The van der Waals surface area contributed by atoms with E-state index in [4.69, 9.17) is 5.11 Å². The molecule has 1 amide bonds. The molecule has 22 heavy (non-hydrogen) atoms. The number of carbonyl (C=O) groups excluding carboxylic acids is 1. The van der Waals surface area contributed by atoms with E-state index >= 15 is 0 Å². The van der Waals surface area contributed by atoms with E-state index in [1.807, 2.05) is 31.2 Å². The Bertz CT molecular complexity index is 706. The minimum absolute atomic E-state index is 0.0497. The van der Waals surface area contributed by atoms with Gasteiger partial charge in [0.25, 0.3) is 5.91 Å². The van der Waals surface area contributed by atoms with Gasteiger partial charge in [0.1, 0.15) is 5.65 Å². The standard InChI is InChI=1S/C16H21N3O3/c1-4-13-11(3)19-10-12(6-7-14(19)17-13)16(22)18(5-2)9-8-15(20)21/h6-7,10H,4-5,8-9H2,1-3H3,(H,20,21). The Balaban J connectivity index is 2.30. The number of aromatic nitrogens is 2. The third-order valence-corrected chi connectivity index (χ3v) is 3.80. The van der Waals surface area contributed by atoms with Crippen LogP contribution in [0.15, 0.2) is 18.3 Å². The average molecular weight is 303 g/mol. The van der Waals surface area contributed by atoms with E-state index in [0.717, 1.165) is 23.5 Å². The monoisotopic (exact) mass is 303 g/mol. The molecule has 0 unspecified atom stereocenters. The first kappa shape index (κ1) is 16.0. The van der Waals surface area contributed by atoms with Gasteiger partial charge in [-0.3, -0.25) is 9.59 Å². The Hall–Kier alpha value is -2.37. The van der Waals surface area contributed by atoms with Gasteiger partial charge in [0.05, 0.1) is 17.7 Å². The first-order valence-electron chi connectivity index (χ1n) is 7.46. The fourth-order valence-corrected chi connectivity index (χ4v) is 2.49. The molecule has 6 nitrogen and oxygen atoms in total. The largest absolute Gasteiger partial charge is 0.481 e. The molecule has 0 radical (unpaired) electrons. The molecule has 118 valence electrons. The van der Waals surface area contributed by atoms with Gasteiger partial charge in [-0.05, 0) is 32.4 Å². The van der Waals surface area contributed by atoms with E-state index in [9.17, 15) is 9.59 Å². The third kappa shape index (κ3) is 3.10. The molecule has 6 heteroatoms. The summed E-state index contributed by atoms with van der Waals surface area (Å²) < 4.78 is 1.91. The van der Waals surface area contributed by atoms with Crippen molar-refractivity contribution in [2.45, 2.75) is 33.6 Å². The van der Waals surface area contributed by atoms with Crippen molar-refractivity contribution in [3.8, 4) is 0 Å². The highest BCUT2D eigenvalue weighted by Crippen LogP contribution is 2.15. The van der Waals surface area contributed by atoms with Crippen molar-refractivity contribution in [2.75, 3.05) is 13.1 Å². The summed E-state index contributed by atoms with van der Waals surface area (Å²) in [5.41, 5.74) is 3.41. The van der Waals surface area contributed by atoms with Crippen molar-refractivity contribution in [1.82, 2.24) is 14.3 Å². The second-order valence-electron chi connectivity index (χ2n) is 5.17. The van der Waals surface area contributed by atoms with Gasteiger partial charge in [0.15, 0.2) is 0 Å². The number of nitrogens with zero attached hydrogens (tertiary/aromatic N) is 3. The first-order valence-corrected chi connectivity index (χ1v) is 7.46. The molecule has 0 bridgehead atoms. The first-order chi connectivity index (χ1) is 10.5. The number of imidazole rings is 1. The van der Waals surface area contributed by atoms with Crippen LogP contribution in [-0.4, -0.2) is 44.4 Å². The maximum absolute atomic E-state index is 12.5. The Morgan fingerprint density at radius 2 is 2.05 bits per heavy atom. The number of carboxylic acid groups (broad SMARTS) is 1. The van der Waals surface area contributed by atoms with Crippen LogP contribution in [0.2, 0.25) is 0 Å². The van der Waals surface area contributed by atoms with E-state index in [1.54, 1.807) is 17.2 Å². The minimum Gasteiger partial charge on any atom is -0.481 e. The van der Waals surface area contributed by atoms with Crippen LogP contribution in [0.25, 0.3) is 5.65 Å². The Morgan fingerprint density at radius 1 is 1.32 bits per heavy atom. The molecular formula is C16H21N3O3. The Morgan fingerprint density at radius 3 is 2.64 bits per heavy atom. The lowest BCUT2D eigenvalue weighted by atomic mass is 10.2. The van der Waals surface area contributed by atoms with E-state index in [-0.39, 0.29) is 18.9 Å². The maximum atomic E-state index is 12.5. The van der Waals surface area contributed by atoms with Gasteiger partial charge >= 0.3 is 5.97 Å². The number of aryl methyl sites for hydroxylation is 2. The SMILES string of the molecule is CCc1nc2ccc(C(=O)N(CC)CCC(=O)O)cn2c1C. The molecule has 0 aromatic carbocycles. The van der Waals surface area contributed by atoms with Crippen molar-refractivity contribution in [3.05, 3.63) is 35.3 Å². The predicted molar refractivity (Wildman–Crippen MR) is 83.1 cm³/mol. The summed E-state index contributed by atoms with van der Waals surface area (Å²) in [7, 11) is 0. The maximum Gasteiger partial charge on any atom is 0.305 e. The summed E-state index contributed by atoms with van der Waals surface area (Å²) in [6.07, 6.45) is 2.57. The lowest BCUT2D eigenvalue weighted by Crippen LogP contribution is -2.33. The van der Waals surface area contributed by atoms with Gasteiger partial charge in [0, 0.05) is 25.0 Å². The van der Waals surface area contributed by atoms with Crippen molar-refractivity contribution < 1.29 is 14.7 Å². The molecule has 1 N–H and O–H groups in total. The van der Waals surface area contributed by atoms with Crippen LogP contribution >= 0.6 is 0 Å². The van der Waals surface area contributed by atoms with Gasteiger partial charge in [-0.15, -0.1) is 0 Å². The number of hydrogen-bond donors (Lipinski definition) is 1. The number of carboxylic acids is 1. The predicted octanol–water partition coefficient (Wildman–Crippen LogP) is 2.14. The molecule has 0 aliphatic heterocycles. The lowest BCUT2D eigenvalue weighted by Gasteiger charge is -2.20. The summed E-state index contributed by atoms with van der Waals surface area (Å²) in [4.78, 5) is 29.3. The molecule has 0 saturated carbocycles. The van der Waals surface area contributed by atoms with Crippen LogP contribution in [0.5, 0.6) is 0 Å². The van der Waals surface area contributed by atoms with Crippen LogP contribution in [0, 0.1) is 6.92 Å². The highest BCUT2D eigenvalue weighted by Gasteiger charge is 2.17. The second-order valence-corrected chi connectivity index (χ2v) is 5.17. The zero-order chi connectivity index (χ0) is 16.3. The average Bonchev–Trinajstić information content (AvgIpc) is 2.83. The third-order valence-electron chi connectivity index (χ3n) is 3.80. The molecule has 0 saturated heterocycles. The molecule has 0 aliphatic rings. The van der Waals surface area contributed by atoms with Crippen molar-refractivity contribution in [1.29, 1.82) is 0 Å². The van der Waals surface area contributed by atoms with E-state index in [0.29, 0.717) is 12.1 Å². The number of amides is 1.